The second-order valence-electron chi connectivity index (χ2n) is 13.6. The molecule has 11 aromatic rings. The van der Waals surface area contributed by atoms with Crippen LogP contribution in [0.1, 0.15) is 21.9 Å². The van der Waals surface area contributed by atoms with Crippen molar-refractivity contribution in [2.75, 3.05) is 4.90 Å². The Labute approximate surface area is 360 Å². The average Bonchev–Trinajstić information content (AvgIpc) is 3.79. The summed E-state index contributed by atoms with van der Waals surface area (Å²) < 4.78 is 158. The van der Waals surface area contributed by atoms with E-state index in [0.29, 0.717) is 48.7 Å². The van der Waals surface area contributed by atoms with Gasteiger partial charge in [0.15, 0.2) is 0 Å². The molecule has 0 radical (unpaired) electrons. The van der Waals surface area contributed by atoms with Gasteiger partial charge in [0.05, 0.1) is 21.9 Å². The van der Waals surface area contributed by atoms with Crippen molar-refractivity contribution < 1.29 is 26.3 Å². The smallest absolute Gasteiger partial charge is 0.136 e. The summed E-state index contributed by atoms with van der Waals surface area (Å²) >= 11 is 0. The van der Waals surface area contributed by atoms with Crippen molar-refractivity contribution in [3.05, 3.63) is 224 Å². The van der Waals surface area contributed by atoms with Gasteiger partial charge in [0.25, 0.3) is 0 Å². The van der Waals surface area contributed by atoms with Crippen molar-refractivity contribution in [2.45, 2.75) is 0 Å². The lowest BCUT2D eigenvalue weighted by Crippen LogP contribution is -2.09. The maximum absolute atomic E-state index is 9.69. The quantitative estimate of drug-likeness (QED) is 0.161. The lowest BCUT2D eigenvalue weighted by molar-refractivity contribution is 0.669. The number of para-hydroxylation sites is 1. The molecule has 0 saturated carbocycles. The molecule has 0 aliphatic rings. The van der Waals surface area contributed by atoms with Gasteiger partial charge in [-0.3, -0.25) is 0 Å². The molecule has 11 rings (SSSR count). The number of furan rings is 1. The van der Waals surface area contributed by atoms with Crippen LogP contribution in [0.15, 0.2) is 228 Å². The molecule has 10 aromatic carbocycles. The van der Waals surface area contributed by atoms with Crippen LogP contribution >= 0.6 is 0 Å². The zero-order chi connectivity index (χ0) is 52.3. The summed E-state index contributed by atoms with van der Waals surface area (Å²) in [5, 5.41) is 3.88. The minimum atomic E-state index is -0.957. The molecular formula is C56H37NO. The second-order valence-corrected chi connectivity index (χ2v) is 13.6. The molecule has 0 amide bonds. The van der Waals surface area contributed by atoms with Gasteiger partial charge in [-0.05, 0) is 114 Å². The van der Waals surface area contributed by atoms with E-state index < -0.39 is 125 Å². The van der Waals surface area contributed by atoms with Crippen LogP contribution in [-0.2, 0) is 0 Å². The molecule has 0 aliphatic carbocycles. The van der Waals surface area contributed by atoms with E-state index in [4.69, 9.17) is 4.42 Å². The van der Waals surface area contributed by atoms with Crippen LogP contribution in [0.25, 0.3) is 88.0 Å². The molecule has 0 atom stereocenters. The fourth-order valence-corrected chi connectivity index (χ4v) is 7.42. The van der Waals surface area contributed by atoms with E-state index in [0.717, 1.165) is 10.8 Å². The van der Waals surface area contributed by atoms with Crippen molar-refractivity contribution in [1.82, 2.24) is 0 Å². The predicted molar refractivity (Wildman–Crippen MR) is 245 cm³/mol. The predicted octanol–water partition coefficient (Wildman–Crippen LogP) is 16.0. The van der Waals surface area contributed by atoms with Gasteiger partial charge in [-0.15, -0.1) is 0 Å². The van der Waals surface area contributed by atoms with Gasteiger partial charge in [-0.1, -0.05) is 176 Å². The topological polar surface area (TPSA) is 16.4 Å². The van der Waals surface area contributed by atoms with Crippen molar-refractivity contribution in [1.29, 1.82) is 0 Å². The van der Waals surface area contributed by atoms with Crippen molar-refractivity contribution in [3.8, 4) is 44.5 Å². The minimum absolute atomic E-state index is 0.0575. The first kappa shape index (κ1) is 21.0. The van der Waals surface area contributed by atoms with E-state index in [-0.39, 0.29) is 22.3 Å². The molecule has 58 heavy (non-hydrogen) atoms. The lowest BCUT2D eigenvalue weighted by atomic mass is 9.96. The first-order valence-electron chi connectivity index (χ1n) is 26.5. The Morgan fingerprint density at radius 1 is 0.310 bits per heavy atom. The number of fused-ring (bicyclic) bond motifs is 5. The minimum Gasteiger partial charge on any atom is -0.456 e. The molecule has 0 spiro atoms. The molecule has 0 fully saturated rings. The lowest BCUT2D eigenvalue weighted by Gasteiger charge is -2.26. The third-order valence-corrected chi connectivity index (χ3v) is 10.2. The maximum atomic E-state index is 9.69. The highest BCUT2D eigenvalue weighted by Crippen LogP contribution is 2.41. The highest BCUT2D eigenvalue weighted by molar-refractivity contribution is 6.12. The van der Waals surface area contributed by atoms with Gasteiger partial charge in [0, 0.05) is 27.8 Å². The highest BCUT2D eigenvalue weighted by Gasteiger charge is 2.16. The van der Waals surface area contributed by atoms with E-state index in [1.165, 1.54) is 0 Å². The average molecular weight is 756 g/mol. The Balaban J connectivity index is 1.20. The molecular weight excluding hydrogens is 703 g/mol. The molecule has 272 valence electrons. The summed E-state index contributed by atoms with van der Waals surface area (Å²) in [6.07, 6.45) is 0. The van der Waals surface area contributed by atoms with E-state index in [2.05, 4.69) is 0 Å². The van der Waals surface area contributed by atoms with Crippen LogP contribution in [0.2, 0.25) is 0 Å². The molecule has 1 heterocycles. The van der Waals surface area contributed by atoms with E-state index in [1.807, 2.05) is 30.3 Å². The van der Waals surface area contributed by atoms with Crippen LogP contribution in [0, 0.1) is 0 Å². The molecule has 0 bridgehead atoms. The summed E-state index contributed by atoms with van der Waals surface area (Å²) in [6.45, 7) is 0. The van der Waals surface area contributed by atoms with Crippen LogP contribution in [0.5, 0.6) is 0 Å². The highest BCUT2D eigenvalue weighted by atomic mass is 16.3. The van der Waals surface area contributed by atoms with Crippen molar-refractivity contribution >= 4 is 60.5 Å². The zero-order valence-corrected chi connectivity index (χ0v) is 30.5. The number of benzene rings is 10. The molecule has 0 saturated heterocycles. The Morgan fingerprint density at radius 2 is 0.672 bits per heavy atom. The summed E-state index contributed by atoms with van der Waals surface area (Å²) in [4.78, 5) is 0.704. The molecule has 0 N–H and O–H groups in total. The first-order chi connectivity index (χ1) is 35.5. The summed E-state index contributed by atoms with van der Waals surface area (Å²) in [5.41, 5.74) is -1.90. The fourth-order valence-electron chi connectivity index (χ4n) is 7.42. The summed E-state index contributed by atoms with van der Waals surface area (Å²) in [7, 11) is 0. The van der Waals surface area contributed by atoms with Gasteiger partial charge in [0.1, 0.15) is 11.2 Å². The fraction of sp³-hybridized carbons (Fsp3) is 0. The molecule has 0 aliphatic heterocycles. The molecule has 2 heteroatoms. The number of rotatable bonds is 7. The van der Waals surface area contributed by atoms with Crippen LogP contribution in [0.3, 0.4) is 0 Å². The molecule has 0 unspecified atom stereocenters. The SMILES string of the molecule is [2H]c1c([2H])c(-c2cccc3ccccc23)c([2H])c([2H])c1-c1c([2H])c([2H])c(N(c2c([2H])c([2H])c(-c3cccc4ccccc34)c([2H])c2[2H])c2c([2H])c([2H])c(-c3cccc4oc5ccccc5c34)c([2H])c2[2H])c([2H])c1[2H]. The van der Waals surface area contributed by atoms with Gasteiger partial charge in [-0.2, -0.15) is 0 Å². The van der Waals surface area contributed by atoms with E-state index >= 15 is 0 Å². The van der Waals surface area contributed by atoms with Crippen LogP contribution in [-0.4, -0.2) is 0 Å². The maximum Gasteiger partial charge on any atom is 0.136 e. The number of anilines is 3. The Kier molecular flexibility index (Phi) is 5.11. The van der Waals surface area contributed by atoms with Gasteiger partial charge >= 0.3 is 0 Å². The molecule has 1 aromatic heterocycles. The van der Waals surface area contributed by atoms with E-state index in [9.17, 15) is 21.9 Å². The van der Waals surface area contributed by atoms with Crippen molar-refractivity contribution in [2.24, 2.45) is 0 Å². The number of hydrogen-bond donors (Lipinski definition) is 0. The summed E-state index contributed by atoms with van der Waals surface area (Å²) in [5.74, 6) is 0. The zero-order valence-electron chi connectivity index (χ0n) is 46.5. The largest absolute Gasteiger partial charge is 0.456 e. The first-order valence-corrected chi connectivity index (χ1v) is 18.5. The van der Waals surface area contributed by atoms with Gasteiger partial charge in [-0.25, -0.2) is 0 Å². The van der Waals surface area contributed by atoms with Crippen LogP contribution < -0.4 is 4.90 Å². The number of hydrogen-bond acceptors (Lipinski definition) is 2. The molecule has 2 nitrogen and oxygen atoms in total. The normalized spacial score (nSPS) is 15.3. The van der Waals surface area contributed by atoms with Gasteiger partial charge in [0.2, 0.25) is 0 Å². The van der Waals surface area contributed by atoms with E-state index in [1.54, 1.807) is 97.1 Å². The standard InChI is InChI=1S/C56H37NO/c1-3-14-48-40(10-1)12-7-17-50(48)42-24-22-38(23-25-42)39-26-32-45(33-27-39)57(46-34-28-43(29-35-46)51-18-8-13-41-11-2-4-15-49(41)51)47-36-30-44(31-37-47)52-19-9-21-55-56(52)53-16-5-6-20-54(53)58-55/h1-37H/i22D,23D,24D,25D,26D,27D,28D,29D,30D,31D,32D,33D,34D,35D,36D,37D. The van der Waals surface area contributed by atoms with Crippen LogP contribution in [0.4, 0.5) is 17.1 Å². The van der Waals surface area contributed by atoms with Gasteiger partial charge < -0.3 is 9.32 Å². The Morgan fingerprint density at radius 3 is 1.22 bits per heavy atom. The monoisotopic (exact) mass is 755 g/mol. The third kappa shape index (κ3) is 5.91. The summed E-state index contributed by atoms with van der Waals surface area (Å²) in [6, 6.07) is 25.0. The second kappa shape index (κ2) is 14.1. The third-order valence-electron chi connectivity index (χ3n) is 10.2. The Bertz CT molecular complexity index is 4120. The number of nitrogens with zero attached hydrogens (tertiary/aromatic N) is 1. The van der Waals surface area contributed by atoms with Crippen molar-refractivity contribution in [3.63, 3.8) is 0 Å². The Hall–Kier alpha value is -7.68.